The zero-order valence-electron chi connectivity index (χ0n) is 8.77. The number of ether oxygens (including phenoxy) is 1. The second kappa shape index (κ2) is 4.44. The molecule has 1 saturated heterocycles. The minimum Gasteiger partial charge on any atom is -0.465 e. The lowest BCUT2D eigenvalue weighted by Gasteiger charge is -2.22. The Labute approximate surface area is 88.4 Å². The number of rotatable bonds is 2. The van der Waals surface area contributed by atoms with E-state index in [1.54, 1.807) is 12.4 Å². The van der Waals surface area contributed by atoms with Crippen LogP contribution in [0.3, 0.4) is 0 Å². The zero-order valence-corrected chi connectivity index (χ0v) is 8.77. The molecule has 1 aliphatic heterocycles. The summed E-state index contributed by atoms with van der Waals surface area (Å²) in [7, 11) is 1.38. The van der Waals surface area contributed by atoms with Crippen LogP contribution in [0.15, 0.2) is 12.4 Å². The van der Waals surface area contributed by atoms with Crippen molar-refractivity contribution in [2.24, 2.45) is 0 Å². The Morgan fingerprint density at radius 3 is 3.27 bits per heavy atom. The summed E-state index contributed by atoms with van der Waals surface area (Å²) in [5, 5.41) is 7.49. The summed E-state index contributed by atoms with van der Waals surface area (Å²) in [5.74, 6) is -0.329. The lowest BCUT2D eigenvalue weighted by molar-refractivity contribution is 0.0600. The summed E-state index contributed by atoms with van der Waals surface area (Å²) in [5.41, 5.74) is 0.517. The van der Waals surface area contributed by atoms with Gasteiger partial charge in [-0.1, -0.05) is 0 Å². The molecule has 0 radical (unpaired) electrons. The van der Waals surface area contributed by atoms with Gasteiger partial charge in [-0.15, -0.1) is 0 Å². The van der Waals surface area contributed by atoms with Crippen LogP contribution in [0.4, 0.5) is 0 Å². The van der Waals surface area contributed by atoms with E-state index in [4.69, 9.17) is 0 Å². The highest BCUT2D eigenvalue weighted by Crippen LogP contribution is 2.16. The SMILES string of the molecule is COC(=O)c1cnn(C2CCCNC2)c1. The van der Waals surface area contributed by atoms with Crippen molar-refractivity contribution in [3.05, 3.63) is 18.0 Å². The first-order chi connectivity index (χ1) is 7.31. The number of carbonyl (C=O) groups is 1. The summed E-state index contributed by atoms with van der Waals surface area (Å²) in [4.78, 5) is 11.2. The highest BCUT2D eigenvalue weighted by molar-refractivity contribution is 5.88. The van der Waals surface area contributed by atoms with Gasteiger partial charge in [-0.25, -0.2) is 4.79 Å². The maximum Gasteiger partial charge on any atom is 0.341 e. The van der Waals surface area contributed by atoms with Crippen LogP contribution in [-0.4, -0.2) is 35.9 Å². The van der Waals surface area contributed by atoms with Gasteiger partial charge in [0.15, 0.2) is 0 Å². The van der Waals surface area contributed by atoms with Gasteiger partial charge in [0.05, 0.1) is 24.9 Å². The van der Waals surface area contributed by atoms with Crippen LogP contribution in [0, 0.1) is 0 Å². The molecule has 5 heteroatoms. The number of carbonyl (C=O) groups excluding carboxylic acids is 1. The Morgan fingerprint density at radius 1 is 1.73 bits per heavy atom. The standard InChI is InChI=1S/C10H15N3O2/c1-15-10(14)8-5-12-13(7-8)9-3-2-4-11-6-9/h5,7,9,11H,2-4,6H2,1H3. The molecule has 2 rings (SSSR count). The van der Waals surface area contributed by atoms with Gasteiger partial charge in [-0.3, -0.25) is 4.68 Å². The Kier molecular flexibility index (Phi) is 3.01. The quantitative estimate of drug-likeness (QED) is 0.724. The van der Waals surface area contributed by atoms with E-state index in [9.17, 15) is 4.79 Å². The van der Waals surface area contributed by atoms with Crippen molar-refractivity contribution in [1.82, 2.24) is 15.1 Å². The fourth-order valence-electron chi connectivity index (χ4n) is 1.82. The molecular formula is C10H15N3O2. The van der Waals surface area contributed by atoms with Crippen molar-refractivity contribution in [3.8, 4) is 0 Å². The molecule has 0 saturated carbocycles. The Morgan fingerprint density at radius 2 is 2.60 bits per heavy atom. The average molecular weight is 209 g/mol. The van der Waals surface area contributed by atoms with Crippen LogP contribution < -0.4 is 5.32 Å². The van der Waals surface area contributed by atoms with Crippen LogP contribution >= 0.6 is 0 Å². The molecule has 15 heavy (non-hydrogen) atoms. The topological polar surface area (TPSA) is 56.1 Å². The van der Waals surface area contributed by atoms with Gasteiger partial charge in [0.1, 0.15) is 0 Å². The maximum atomic E-state index is 11.2. The number of hydrogen-bond acceptors (Lipinski definition) is 4. The number of nitrogens with zero attached hydrogens (tertiary/aromatic N) is 2. The van der Waals surface area contributed by atoms with Crippen molar-refractivity contribution in [1.29, 1.82) is 0 Å². The first kappa shape index (κ1) is 10.2. The summed E-state index contributed by atoms with van der Waals surface area (Å²) in [6.45, 7) is 1.99. The average Bonchev–Trinajstić information content (AvgIpc) is 2.78. The first-order valence-electron chi connectivity index (χ1n) is 5.14. The summed E-state index contributed by atoms with van der Waals surface area (Å²) < 4.78 is 6.47. The molecule has 1 atom stereocenters. The van der Waals surface area contributed by atoms with Crippen LogP contribution in [-0.2, 0) is 4.74 Å². The minimum atomic E-state index is -0.329. The van der Waals surface area contributed by atoms with E-state index < -0.39 is 0 Å². The third-order valence-electron chi connectivity index (χ3n) is 2.67. The Bertz CT molecular complexity index is 342. The molecule has 1 unspecified atom stereocenters. The fourth-order valence-corrected chi connectivity index (χ4v) is 1.82. The highest BCUT2D eigenvalue weighted by atomic mass is 16.5. The normalized spacial score (nSPS) is 21.3. The van der Waals surface area contributed by atoms with Crippen LogP contribution in [0.2, 0.25) is 0 Å². The summed E-state index contributed by atoms with van der Waals surface area (Å²) >= 11 is 0. The van der Waals surface area contributed by atoms with E-state index in [-0.39, 0.29) is 5.97 Å². The second-order valence-electron chi connectivity index (χ2n) is 3.70. The summed E-state index contributed by atoms with van der Waals surface area (Å²) in [6.07, 6.45) is 5.57. The van der Waals surface area contributed by atoms with Crippen molar-refractivity contribution in [2.45, 2.75) is 18.9 Å². The molecule has 1 aromatic rings. The van der Waals surface area contributed by atoms with Gasteiger partial charge < -0.3 is 10.1 Å². The van der Waals surface area contributed by atoms with E-state index in [1.807, 2.05) is 4.68 Å². The van der Waals surface area contributed by atoms with Crippen LogP contribution in [0.25, 0.3) is 0 Å². The summed E-state index contributed by atoms with van der Waals surface area (Å²) in [6, 6.07) is 0.358. The molecule has 1 aromatic heterocycles. The largest absolute Gasteiger partial charge is 0.465 e. The third kappa shape index (κ3) is 2.18. The molecule has 1 fully saturated rings. The predicted molar refractivity (Wildman–Crippen MR) is 54.7 cm³/mol. The molecule has 2 heterocycles. The van der Waals surface area contributed by atoms with Gasteiger partial charge in [0.25, 0.3) is 0 Å². The lowest BCUT2D eigenvalue weighted by Crippen LogP contribution is -2.31. The number of aromatic nitrogens is 2. The molecule has 5 nitrogen and oxygen atoms in total. The fraction of sp³-hybridized carbons (Fsp3) is 0.600. The van der Waals surface area contributed by atoms with Gasteiger partial charge >= 0.3 is 5.97 Å². The predicted octanol–water partition coefficient (Wildman–Crippen LogP) is 0.594. The molecule has 0 bridgehead atoms. The number of nitrogens with one attached hydrogen (secondary N) is 1. The number of methoxy groups -OCH3 is 1. The molecule has 0 aromatic carbocycles. The third-order valence-corrected chi connectivity index (χ3v) is 2.67. The van der Waals surface area contributed by atoms with Gasteiger partial charge in [-0.2, -0.15) is 5.10 Å². The Hall–Kier alpha value is -1.36. The van der Waals surface area contributed by atoms with Crippen molar-refractivity contribution in [3.63, 3.8) is 0 Å². The molecule has 0 aliphatic carbocycles. The molecule has 82 valence electrons. The smallest absolute Gasteiger partial charge is 0.341 e. The molecule has 1 N–H and O–H groups in total. The van der Waals surface area contributed by atoms with Crippen LogP contribution in [0.5, 0.6) is 0 Å². The highest BCUT2D eigenvalue weighted by Gasteiger charge is 2.17. The van der Waals surface area contributed by atoms with Gasteiger partial charge in [0, 0.05) is 12.7 Å². The number of hydrogen-bond donors (Lipinski definition) is 1. The first-order valence-corrected chi connectivity index (χ1v) is 5.14. The van der Waals surface area contributed by atoms with E-state index in [0.717, 1.165) is 25.9 Å². The van der Waals surface area contributed by atoms with E-state index in [1.165, 1.54) is 7.11 Å². The van der Waals surface area contributed by atoms with Crippen molar-refractivity contribution in [2.75, 3.05) is 20.2 Å². The van der Waals surface area contributed by atoms with Crippen molar-refractivity contribution < 1.29 is 9.53 Å². The maximum absolute atomic E-state index is 11.2. The molecule has 0 amide bonds. The Balaban J connectivity index is 2.08. The van der Waals surface area contributed by atoms with E-state index in [2.05, 4.69) is 15.2 Å². The second-order valence-corrected chi connectivity index (χ2v) is 3.70. The van der Waals surface area contributed by atoms with E-state index >= 15 is 0 Å². The van der Waals surface area contributed by atoms with Gasteiger partial charge in [0.2, 0.25) is 0 Å². The monoisotopic (exact) mass is 209 g/mol. The number of piperidine rings is 1. The van der Waals surface area contributed by atoms with Crippen LogP contribution in [0.1, 0.15) is 29.2 Å². The minimum absolute atomic E-state index is 0.329. The number of esters is 1. The lowest BCUT2D eigenvalue weighted by atomic mass is 10.1. The van der Waals surface area contributed by atoms with Crippen molar-refractivity contribution >= 4 is 5.97 Å². The van der Waals surface area contributed by atoms with E-state index in [0.29, 0.717) is 11.6 Å². The molecular weight excluding hydrogens is 194 g/mol. The van der Waals surface area contributed by atoms with Gasteiger partial charge in [-0.05, 0) is 19.4 Å². The molecule has 1 aliphatic rings. The molecule has 0 spiro atoms. The zero-order chi connectivity index (χ0) is 10.7.